The first-order valence-corrected chi connectivity index (χ1v) is 9.03. The van der Waals surface area contributed by atoms with E-state index in [0.717, 1.165) is 38.2 Å². The summed E-state index contributed by atoms with van der Waals surface area (Å²) in [6.45, 7) is 4.05. The Balaban J connectivity index is 1.63. The Morgan fingerprint density at radius 3 is 2.82 bits per heavy atom. The highest BCUT2D eigenvalue weighted by molar-refractivity contribution is 7.11. The number of rotatable bonds is 2. The highest BCUT2D eigenvalue weighted by Crippen LogP contribution is 2.32. The number of hydrogen-bond donors (Lipinski definition) is 0. The van der Waals surface area contributed by atoms with Crippen molar-refractivity contribution in [1.82, 2.24) is 9.97 Å². The van der Waals surface area contributed by atoms with Gasteiger partial charge in [0.05, 0.1) is 0 Å². The minimum absolute atomic E-state index is 0.920. The van der Waals surface area contributed by atoms with E-state index in [-0.39, 0.29) is 0 Å². The number of anilines is 1. The summed E-state index contributed by atoms with van der Waals surface area (Å²) in [5, 5.41) is 2.16. The van der Waals surface area contributed by atoms with Crippen molar-refractivity contribution in [3.63, 3.8) is 0 Å². The average molecular weight is 311 g/mol. The molecule has 0 radical (unpaired) electrons. The molecule has 2 aliphatic rings. The minimum Gasteiger partial charge on any atom is -0.352 e. The molecule has 22 heavy (non-hydrogen) atoms. The zero-order valence-corrected chi connectivity index (χ0v) is 13.8. The zero-order valence-electron chi connectivity index (χ0n) is 13.0. The van der Waals surface area contributed by atoms with Crippen LogP contribution in [-0.2, 0) is 12.8 Å². The fourth-order valence-corrected chi connectivity index (χ4v) is 4.30. The quantitative estimate of drug-likeness (QED) is 0.839. The highest BCUT2D eigenvalue weighted by atomic mass is 32.1. The van der Waals surface area contributed by atoms with Crippen LogP contribution < -0.4 is 4.90 Å². The molecule has 1 aliphatic carbocycles. The molecule has 4 rings (SSSR count). The molecule has 0 saturated heterocycles. The third-order valence-corrected chi connectivity index (χ3v) is 5.56. The molecular formula is C18H21N3S. The van der Waals surface area contributed by atoms with Crippen molar-refractivity contribution >= 4 is 22.7 Å². The van der Waals surface area contributed by atoms with Gasteiger partial charge < -0.3 is 4.90 Å². The maximum Gasteiger partial charge on any atom is 0.136 e. The van der Waals surface area contributed by atoms with Gasteiger partial charge in [0.15, 0.2) is 0 Å². The number of aromatic nitrogens is 2. The van der Waals surface area contributed by atoms with Gasteiger partial charge in [-0.3, -0.25) is 0 Å². The van der Waals surface area contributed by atoms with Crippen molar-refractivity contribution < 1.29 is 0 Å². The molecule has 0 N–H and O–H groups in total. The van der Waals surface area contributed by atoms with Crippen molar-refractivity contribution in [3.05, 3.63) is 45.5 Å². The smallest absolute Gasteiger partial charge is 0.136 e. The van der Waals surface area contributed by atoms with E-state index in [0.29, 0.717) is 0 Å². The van der Waals surface area contributed by atoms with Crippen LogP contribution in [0.2, 0.25) is 0 Å². The first kappa shape index (κ1) is 13.9. The molecule has 0 fully saturated rings. The second-order valence-corrected chi connectivity index (χ2v) is 7.08. The second-order valence-electron chi connectivity index (χ2n) is 6.13. The van der Waals surface area contributed by atoms with Gasteiger partial charge in [-0.2, -0.15) is 0 Å². The van der Waals surface area contributed by atoms with E-state index < -0.39 is 0 Å². The lowest BCUT2D eigenvalue weighted by molar-refractivity contribution is 0.651. The number of thiophene rings is 1. The summed E-state index contributed by atoms with van der Waals surface area (Å²) >= 11 is 1.84. The van der Waals surface area contributed by atoms with Gasteiger partial charge in [-0.1, -0.05) is 12.1 Å². The Labute approximate surface area is 135 Å². The SMILES string of the molecule is Cc1nc2c(c(N3CC=C(c4cccs4)CC3)n1)CCCC2. The van der Waals surface area contributed by atoms with Gasteiger partial charge >= 0.3 is 0 Å². The van der Waals surface area contributed by atoms with Gasteiger partial charge in [-0.15, -0.1) is 11.3 Å². The Morgan fingerprint density at radius 1 is 1.14 bits per heavy atom. The van der Waals surface area contributed by atoms with Gasteiger partial charge in [0.25, 0.3) is 0 Å². The van der Waals surface area contributed by atoms with Crippen molar-refractivity contribution in [3.8, 4) is 0 Å². The van der Waals surface area contributed by atoms with Crippen LogP contribution in [-0.4, -0.2) is 23.1 Å². The van der Waals surface area contributed by atoms with Gasteiger partial charge in [0, 0.05) is 29.2 Å². The average Bonchev–Trinajstić information content (AvgIpc) is 3.09. The van der Waals surface area contributed by atoms with Crippen LogP contribution in [0.1, 0.15) is 41.2 Å². The Bertz CT molecular complexity index is 703. The molecule has 3 nitrogen and oxygen atoms in total. The van der Waals surface area contributed by atoms with Crippen LogP contribution in [0.25, 0.3) is 5.57 Å². The van der Waals surface area contributed by atoms with Crippen molar-refractivity contribution in [2.45, 2.75) is 39.0 Å². The van der Waals surface area contributed by atoms with E-state index >= 15 is 0 Å². The molecule has 0 aromatic carbocycles. The summed E-state index contributed by atoms with van der Waals surface area (Å²) in [6, 6.07) is 4.36. The molecule has 2 aromatic rings. The van der Waals surface area contributed by atoms with Crippen LogP contribution in [0.15, 0.2) is 23.6 Å². The van der Waals surface area contributed by atoms with E-state index in [1.165, 1.54) is 40.4 Å². The van der Waals surface area contributed by atoms with Crippen molar-refractivity contribution in [2.75, 3.05) is 18.0 Å². The van der Waals surface area contributed by atoms with Gasteiger partial charge in [-0.25, -0.2) is 9.97 Å². The molecule has 114 valence electrons. The molecule has 3 heterocycles. The summed E-state index contributed by atoms with van der Waals surface area (Å²) in [5.74, 6) is 2.12. The maximum atomic E-state index is 4.79. The van der Waals surface area contributed by atoms with E-state index in [9.17, 15) is 0 Å². The first-order chi connectivity index (χ1) is 10.8. The van der Waals surface area contributed by atoms with Crippen LogP contribution in [0.5, 0.6) is 0 Å². The fourth-order valence-electron chi connectivity index (χ4n) is 3.50. The molecule has 2 aromatic heterocycles. The number of hydrogen-bond acceptors (Lipinski definition) is 4. The summed E-state index contributed by atoms with van der Waals surface area (Å²) in [6.07, 6.45) is 8.29. The molecule has 0 spiro atoms. The van der Waals surface area contributed by atoms with E-state index in [2.05, 4.69) is 33.5 Å². The lowest BCUT2D eigenvalue weighted by atomic mass is 9.95. The molecule has 0 saturated carbocycles. The number of nitrogens with zero attached hydrogens (tertiary/aromatic N) is 3. The molecule has 0 bridgehead atoms. The molecule has 0 atom stereocenters. The molecule has 0 amide bonds. The van der Waals surface area contributed by atoms with Crippen molar-refractivity contribution in [2.24, 2.45) is 0 Å². The fraction of sp³-hybridized carbons (Fsp3) is 0.444. The van der Waals surface area contributed by atoms with Crippen molar-refractivity contribution in [1.29, 1.82) is 0 Å². The molecular weight excluding hydrogens is 290 g/mol. The lowest BCUT2D eigenvalue weighted by Crippen LogP contribution is -2.31. The van der Waals surface area contributed by atoms with Gasteiger partial charge in [0.1, 0.15) is 11.6 Å². The van der Waals surface area contributed by atoms with E-state index in [4.69, 9.17) is 4.98 Å². The van der Waals surface area contributed by atoms with Crippen LogP contribution in [0.3, 0.4) is 0 Å². The molecule has 4 heteroatoms. The third-order valence-electron chi connectivity index (χ3n) is 4.62. The Hall–Kier alpha value is -1.68. The van der Waals surface area contributed by atoms with Gasteiger partial charge in [-0.05, 0) is 56.0 Å². The summed E-state index contributed by atoms with van der Waals surface area (Å²) < 4.78 is 0. The molecule has 1 aliphatic heterocycles. The number of aryl methyl sites for hydroxylation is 2. The highest BCUT2D eigenvalue weighted by Gasteiger charge is 2.22. The topological polar surface area (TPSA) is 29.0 Å². The van der Waals surface area contributed by atoms with E-state index in [1.54, 1.807) is 0 Å². The largest absolute Gasteiger partial charge is 0.352 e. The van der Waals surface area contributed by atoms with Crippen LogP contribution >= 0.6 is 11.3 Å². The molecule has 0 unspecified atom stereocenters. The minimum atomic E-state index is 0.920. The standard InChI is InChI=1S/C18H21N3S/c1-13-19-16-6-3-2-5-15(16)18(20-13)21-10-8-14(9-11-21)17-7-4-12-22-17/h4,7-8,12H,2-3,5-6,9-11H2,1H3. The third kappa shape index (κ3) is 2.56. The predicted octanol–water partition coefficient (Wildman–Crippen LogP) is 4.02. The summed E-state index contributed by atoms with van der Waals surface area (Å²) in [5.41, 5.74) is 4.19. The normalized spacial score (nSPS) is 18.0. The summed E-state index contributed by atoms with van der Waals surface area (Å²) in [7, 11) is 0. The Morgan fingerprint density at radius 2 is 2.05 bits per heavy atom. The lowest BCUT2D eigenvalue weighted by Gasteiger charge is -2.31. The second kappa shape index (κ2) is 5.84. The zero-order chi connectivity index (χ0) is 14.9. The van der Waals surface area contributed by atoms with Gasteiger partial charge in [0.2, 0.25) is 0 Å². The van der Waals surface area contributed by atoms with E-state index in [1.807, 2.05) is 18.3 Å². The monoisotopic (exact) mass is 311 g/mol. The van der Waals surface area contributed by atoms with Crippen LogP contribution in [0.4, 0.5) is 5.82 Å². The summed E-state index contributed by atoms with van der Waals surface area (Å²) in [4.78, 5) is 13.3. The number of fused-ring (bicyclic) bond motifs is 1. The Kier molecular flexibility index (Phi) is 3.70. The first-order valence-electron chi connectivity index (χ1n) is 8.15. The maximum absolute atomic E-state index is 4.79. The van der Waals surface area contributed by atoms with Crippen LogP contribution in [0, 0.1) is 6.92 Å². The predicted molar refractivity (Wildman–Crippen MR) is 92.5 cm³/mol.